The minimum Gasteiger partial charge on any atom is -0.462 e. The summed E-state index contributed by atoms with van der Waals surface area (Å²) in [5.41, 5.74) is 0. The van der Waals surface area contributed by atoms with Crippen LogP contribution < -0.4 is 0 Å². The van der Waals surface area contributed by atoms with Gasteiger partial charge in [0, 0.05) is 19.3 Å². The van der Waals surface area contributed by atoms with Crippen LogP contribution in [-0.4, -0.2) is 37.2 Å². The van der Waals surface area contributed by atoms with E-state index in [0.717, 1.165) is 83.5 Å². The Morgan fingerprint density at radius 2 is 0.557 bits per heavy atom. The van der Waals surface area contributed by atoms with Gasteiger partial charge in [-0.1, -0.05) is 275 Å². The maximum absolute atomic E-state index is 12.9. The summed E-state index contributed by atoms with van der Waals surface area (Å²) in [5, 5.41) is 0. The lowest BCUT2D eigenvalue weighted by Crippen LogP contribution is -2.30. The van der Waals surface area contributed by atoms with Gasteiger partial charge in [0.25, 0.3) is 0 Å². The Balaban J connectivity index is 4.27. The van der Waals surface area contributed by atoms with E-state index in [9.17, 15) is 14.4 Å². The molecule has 0 aromatic carbocycles. The molecule has 1 unspecified atom stereocenters. The van der Waals surface area contributed by atoms with E-state index in [1.165, 1.54) is 199 Å². The van der Waals surface area contributed by atoms with Crippen molar-refractivity contribution in [3.05, 3.63) is 48.6 Å². The van der Waals surface area contributed by atoms with Gasteiger partial charge in [0.1, 0.15) is 13.2 Å². The van der Waals surface area contributed by atoms with Crippen LogP contribution in [0.5, 0.6) is 0 Å². The molecular formula is C64H116O6. The Morgan fingerprint density at radius 1 is 0.300 bits per heavy atom. The molecule has 0 aromatic rings. The van der Waals surface area contributed by atoms with Crippen molar-refractivity contribution >= 4 is 17.9 Å². The molecular weight excluding hydrogens is 865 g/mol. The molecule has 0 bridgehead atoms. The molecule has 0 amide bonds. The molecule has 408 valence electrons. The van der Waals surface area contributed by atoms with Crippen molar-refractivity contribution in [2.24, 2.45) is 0 Å². The van der Waals surface area contributed by atoms with E-state index in [0.29, 0.717) is 19.3 Å². The lowest BCUT2D eigenvalue weighted by Gasteiger charge is -2.18. The molecule has 0 aliphatic rings. The Bertz CT molecular complexity index is 1220. The van der Waals surface area contributed by atoms with Gasteiger partial charge in [-0.05, 0) is 77.0 Å². The predicted octanol–water partition coefficient (Wildman–Crippen LogP) is 20.6. The zero-order chi connectivity index (χ0) is 50.7. The summed E-state index contributed by atoms with van der Waals surface area (Å²) in [6.07, 6.45) is 72.6. The maximum atomic E-state index is 12.9. The first-order valence-electron chi connectivity index (χ1n) is 30.6. The van der Waals surface area contributed by atoms with E-state index in [1.807, 2.05) is 0 Å². The van der Waals surface area contributed by atoms with E-state index in [4.69, 9.17) is 14.2 Å². The Labute approximate surface area is 435 Å². The number of rotatable bonds is 56. The molecule has 0 heterocycles. The van der Waals surface area contributed by atoms with Crippen molar-refractivity contribution in [1.29, 1.82) is 0 Å². The van der Waals surface area contributed by atoms with Crippen molar-refractivity contribution < 1.29 is 28.6 Å². The molecule has 0 aromatic heterocycles. The number of carbonyl (C=O) groups excluding carboxylic acids is 3. The molecule has 0 N–H and O–H groups in total. The summed E-state index contributed by atoms with van der Waals surface area (Å²) in [6, 6.07) is 0. The second-order valence-corrected chi connectivity index (χ2v) is 20.6. The number of hydrogen-bond acceptors (Lipinski definition) is 6. The highest BCUT2D eigenvalue weighted by atomic mass is 16.6. The normalized spacial score (nSPS) is 12.3. The zero-order valence-corrected chi connectivity index (χ0v) is 46.8. The van der Waals surface area contributed by atoms with E-state index < -0.39 is 6.10 Å². The Kier molecular flexibility index (Phi) is 56.7. The van der Waals surface area contributed by atoms with Crippen LogP contribution in [0.25, 0.3) is 0 Å². The lowest BCUT2D eigenvalue weighted by atomic mass is 10.0. The molecule has 6 nitrogen and oxygen atoms in total. The van der Waals surface area contributed by atoms with Gasteiger partial charge < -0.3 is 14.2 Å². The van der Waals surface area contributed by atoms with Gasteiger partial charge in [-0.15, -0.1) is 0 Å². The second kappa shape index (κ2) is 58.9. The van der Waals surface area contributed by atoms with Gasteiger partial charge in [-0.3, -0.25) is 14.4 Å². The SMILES string of the molecule is CC/C=C\C/C=C\C/C=C\CCCCCCCCCC(=O)OC(COC(=O)CCCCCCCCCCCCCC)COC(=O)CCCCCCCCCCCCC/C=C\CCCCCCCCCC. The summed E-state index contributed by atoms with van der Waals surface area (Å²) < 4.78 is 16.9. The number of hydrogen-bond donors (Lipinski definition) is 0. The number of esters is 3. The van der Waals surface area contributed by atoms with Crippen LogP contribution in [0.1, 0.15) is 323 Å². The number of ether oxygens (including phenoxy) is 3. The van der Waals surface area contributed by atoms with Crippen LogP contribution in [0.2, 0.25) is 0 Å². The fraction of sp³-hybridized carbons (Fsp3) is 0.828. The molecule has 0 radical (unpaired) electrons. The van der Waals surface area contributed by atoms with Crippen LogP contribution in [0.4, 0.5) is 0 Å². The third-order valence-corrected chi connectivity index (χ3v) is 13.6. The molecule has 0 rings (SSSR count). The van der Waals surface area contributed by atoms with Gasteiger partial charge in [0.05, 0.1) is 0 Å². The Hall–Kier alpha value is -2.63. The molecule has 0 saturated carbocycles. The average Bonchev–Trinajstić information content (AvgIpc) is 3.36. The standard InChI is InChI=1S/C64H116O6/c1-4-7-10-13-16-19-22-25-27-29-30-31-32-33-34-36-37-39-42-45-48-51-54-57-63(66)69-60-61(59-68-62(65)56-53-50-47-44-41-24-21-18-15-12-9-6-3)70-64(67)58-55-52-49-46-43-40-38-35-28-26-23-20-17-14-11-8-5-2/h8,11,17,20,26,28-30,61H,4-7,9-10,12-16,18-19,21-25,27,31-60H2,1-3H3/b11-8-,20-17-,28-26-,30-29-. The Morgan fingerprint density at radius 3 is 0.886 bits per heavy atom. The largest absolute Gasteiger partial charge is 0.462 e. The van der Waals surface area contributed by atoms with Crippen LogP contribution >= 0.6 is 0 Å². The molecule has 1 atom stereocenters. The molecule has 6 heteroatoms. The molecule has 0 spiro atoms. The van der Waals surface area contributed by atoms with Crippen molar-refractivity contribution in [2.75, 3.05) is 13.2 Å². The minimum atomic E-state index is -0.776. The second-order valence-electron chi connectivity index (χ2n) is 20.6. The summed E-state index contributed by atoms with van der Waals surface area (Å²) in [4.78, 5) is 38.2. The van der Waals surface area contributed by atoms with Crippen LogP contribution in [0, 0.1) is 0 Å². The number of unbranched alkanes of at least 4 members (excludes halogenated alkanes) is 37. The molecule has 0 fully saturated rings. The van der Waals surface area contributed by atoms with Crippen LogP contribution in [0.15, 0.2) is 48.6 Å². The predicted molar refractivity (Wildman–Crippen MR) is 302 cm³/mol. The van der Waals surface area contributed by atoms with Gasteiger partial charge in [-0.2, -0.15) is 0 Å². The fourth-order valence-corrected chi connectivity index (χ4v) is 8.98. The van der Waals surface area contributed by atoms with Crippen LogP contribution in [-0.2, 0) is 28.6 Å². The first-order valence-corrected chi connectivity index (χ1v) is 30.6. The van der Waals surface area contributed by atoms with Crippen molar-refractivity contribution in [1.82, 2.24) is 0 Å². The van der Waals surface area contributed by atoms with E-state index in [1.54, 1.807) is 0 Å². The van der Waals surface area contributed by atoms with E-state index in [-0.39, 0.29) is 31.1 Å². The summed E-state index contributed by atoms with van der Waals surface area (Å²) in [7, 11) is 0. The molecule has 70 heavy (non-hydrogen) atoms. The van der Waals surface area contributed by atoms with Crippen molar-refractivity contribution in [3.8, 4) is 0 Å². The third-order valence-electron chi connectivity index (χ3n) is 13.6. The summed E-state index contributed by atoms with van der Waals surface area (Å²) in [6.45, 7) is 6.56. The monoisotopic (exact) mass is 981 g/mol. The number of allylic oxidation sites excluding steroid dienone is 8. The van der Waals surface area contributed by atoms with Crippen molar-refractivity contribution in [3.63, 3.8) is 0 Å². The van der Waals surface area contributed by atoms with Crippen LogP contribution in [0.3, 0.4) is 0 Å². The quantitative estimate of drug-likeness (QED) is 0.0261. The zero-order valence-electron chi connectivity index (χ0n) is 46.8. The highest BCUT2D eigenvalue weighted by molar-refractivity contribution is 5.71. The first-order chi connectivity index (χ1) is 34.5. The van der Waals surface area contributed by atoms with Gasteiger partial charge in [0.15, 0.2) is 6.10 Å². The average molecular weight is 982 g/mol. The maximum Gasteiger partial charge on any atom is 0.306 e. The highest BCUT2D eigenvalue weighted by Crippen LogP contribution is 2.17. The molecule has 0 aliphatic heterocycles. The van der Waals surface area contributed by atoms with E-state index in [2.05, 4.69) is 69.4 Å². The topological polar surface area (TPSA) is 78.9 Å². The lowest BCUT2D eigenvalue weighted by molar-refractivity contribution is -0.167. The summed E-state index contributed by atoms with van der Waals surface area (Å²) >= 11 is 0. The van der Waals surface area contributed by atoms with E-state index >= 15 is 0 Å². The van der Waals surface area contributed by atoms with Gasteiger partial charge in [-0.25, -0.2) is 0 Å². The first kappa shape index (κ1) is 67.4. The fourth-order valence-electron chi connectivity index (χ4n) is 8.98. The molecule has 0 aliphatic carbocycles. The van der Waals surface area contributed by atoms with Gasteiger partial charge >= 0.3 is 17.9 Å². The summed E-state index contributed by atoms with van der Waals surface area (Å²) in [5.74, 6) is -0.868. The minimum absolute atomic E-state index is 0.0740. The van der Waals surface area contributed by atoms with Gasteiger partial charge in [0.2, 0.25) is 0 Å². The highest BCUT2D eigenvalue weighted by Gasteiger charge is 2.19. The smallest absolute Gasteiger partial charge is 0.306 e. The molecule has 0 saturated heterocycles. The van der Waals surface area contributed by atoms with Crippen molar-refractivity contribution in [2.45, 2.75) is 329 Å². The number of carbonyl (C=O) groups is 3. The third kappa shape index (κ3) is 56.3.